The summed E-state index contributed by atoms with van der Waals surface area (Å²) in [6, 6.07) is 2.78. The summed E-state index contributed by atoms with van der Waals surface area (Å²) in [6.45, 7) is 5.49. The first kappa shape index (κ1) is 12.4. The number of halogens is 2. The zero-order chi connectivity index (χ0) is 13.6. The molecule has 0 unspecified atom stereocenters. The van der Waals surface area contributed by atoms with E-state index in [1.165, 1.54) is 12.1 Å². The van der Waals surface area contributed by atoms with E-state index in [1.807, 2.05) is 6.92 Å². The number of hydrogen-bond acceptors (Lipinski definition) is 3. The monoisotopic (exact) mass is 266 g/mol. The minimum absolute atomic E-state index is 0.0352. The fourth-order valence-corrected chi connectivity index (χ4v) is 2.97. The van der Waals surface area contributed by atoms with Crippen molar-refractivity contribution >= 4 is 5.84 Å². The maximum absolute atomic E-state index is 14.1. The lowest BCUT2D eigenvalue weighted by atomic mass is 9.88. The van der Waals surface area contributed by atoms with Gasteiger partial charge in [-0.2, -0.15) is 0 Å². The van der Waals surface area contributed by atoms with E-state index in [1.54, 1.807) is 6.92 Å². The molecule has 2 aliphatic heterocycles. The highest BCUT2D eigenvalue weighted by Crippen LogP contribution is 2.37. The topological polar surface area (TPSA) is 24.8 Å². The summed E-state index contributed by atoms with van der Waals surface area (Å²) in [7, 11) is 0. The molecule has 19 heavy (non-hydrogen) atoms. The van der Waals surface area contributed by atoms with Crippen molar-refractivity contribution in [2.24, 2.45) is 11.1 Å². The van der Waals surface area contributed by atoms with Crippen LogP contribution in [0.3, 0.4) is 0 Å². The Kier molecular flexibility index (Phi) is 2.92. The third-order valence-electron chi connectivity index (χ3n) is 3.96. The molecule has 0 aromatic heterocycles. The van der Waals surface area contributed by atoms with Gasteiger partial charge in [-0.1, -0.05) is 12.1 Å². The first-order valence-electron chi connectivity index (χ1n) is 6.48. The fourth-order valence-electron chi connectivity index (χ4n) is 2.97. The molecule has 0 N–H and O–H groups in total. The lowest BCUT2D eigenvalue weighted by Crippen LogP contribution is -2.33. The lowest BCUT2D eigenvalue weighted by molar-refractivity contribution is 0.105. The van der Waals surface area contributed by atoms with Gasteiger partial charge < -0.3 is 9.74 Å². The summed E-state index contributed by atoms with van der Waals surface area (Å²) in [6.07, 6.45) is 0. The second kappa shape index (κ2) is 4.47. The van der Waals surface area contributed by atoms with Gasteiger partial charge in [0.25, 0.3) is 0 Å². The number of hydrogen-bond donors (Lipinski definition) is 0. The van der Waals surface area contributed by atoms with Crippen LogP contribution in [0.1, 0.15) is 24.0 Å². The Hall–Kier alpha value is -1.65. The van der Waals surface area contributed by atoms with Crippen molar-refractivity contribution in [2.45, 2.75) is 19.8 Å². The quantitative estimate of drug-likeness (QED) is 0.780. The van der Waals surface area contributed by atoms with Gasteiger partial charge in [-0.05, 0) is 24.6 Å². The molecule has 1 aromatic rings. The summed E-state index contributed by atoms with van der Waals surface area (Å²) in [5, 5.41) is 4.02. The van der Waals surface area contributed by atoms with Gasteiger partial charge in [-0.3, -0.25) is 0 Å². The van der Waals surface area contributed by atoms with Crippen LogP contribution in [0.15, 0.2) is 17.3 Å². The Balaban J connectivity index is 2.00. The van der Waals surface area contributed by atoms with Crippen LogP contribution in [0.4, 0.5) is 8.78 Å². The largest absolute Gasteiger partial charge is 0.392 e. The number of fused-ring (bicyclic) bond motifs is 1. The minimum atomic E-state index is -0.462. The summed E-state index contributed by atoms with van der Waals surface area (Å²) >= 11 is 0. The lowest BCUT2D eigenvalue weighted by Gasteiger charge is -2.22. The van der Waals surface area contributed by atoms with Crippen molar-refractivity contribution in [3.8, 4) is 0 Å². The minimum Gasteiger partial charge on any atom is -0.392 e. The zero-order valence-electron chi connectivity index (χ0n) is 11.0. The molecule has 2 heterocycles. The van der Waals surface area contributed by atoms with Gasteiger partial charge in [-0.15, -0.1) is 0 Å². The van der Waals surface area contributed by atoms with Crippen molar-refractivity contribution in [1.29, 1.82) is 0 Å². The molecule has 0 amide bonds. The Bertz CT molecular complexity index is 521. The molecule has 1 aromatic carbocycles. The van der Waals surface area contributed by atoms with Crippen molar-refractivity contribution in [3.63, 3.8) is 0 Å². The van der Waals surface area contributed by atoms with E-state index < -0.39 is 11.6 Å². The highest BCUT2D eigenvalue weighted by Gasteiger charge is 2.40. The van der Waals surface area contributed by atoms with Gasteiger partial charge in [0.15, 0.2) is 0 Å². The average Bonchev–Trinajstić information content (AvgIpc) is 2.66. The summed E-state index contributed by atoms with van der Waals surface area (Å²) in [5.74, 6) is -0.366. The molecular weight excluding hydrogens is 250 g/mol. The number of rotatable bonds is 1. The van der Waals surface area contributed by atoms with E-state index in [-0.39, 0.29) is 17.4 Å². The number of oxime groups is 1. The van der Waals surface area contributed by atoms with Crippen molar-refractivity contribution in [2.75, 3.05) is 19.7 Å². The van der Waals surface area contributed by atoms with Crippen LogP contribution in [0.2, 0.25) is 0 Å². The molecule has 0 saturated carbocycles. The number of aryl methyl sites for hydroxylation is 1. The zero-order valence-corrected chi connectivity index (χ0v) is 11.0. The molecule has 5 heteroatoms. The molecule has 1 saturated heterocycles. The van der Waals surface area contributed by atoms with Crippen molar-refractivity contribution < 1.29 is 13.6 Å². The molecule has 1 fully saturated rings. The van der Waals surface area contributed by atoms with Gasteiger partial charge in [-0.25, -0.2) is 8.78 Å². The van der Waals surface area contributed by atoms with E-state index in [0.29, 0.717) is 18.7 Å². The predicted octanol–water partition coefficient (Wildman–Crippen LogP) is 2.65. The van der Waals surface area contributed by atoms with Crippen LogP contribution in [-0.4, -0.2) is 30.4 Å². The van der Waals surface area contributed by atoms with Crippen LogP contribution in [0.25, 0.3) is 0 Å². The van der Waals surface area contributed by atoms with E-state index in [4.69, 9.17) is 4.84 Å². The maximum Gasteiger partial charge on any atom is 0.148 e. The van der Waals surface area contributed by atoms with Crippen LogP contribution in [0.5, 0.6) is 0 Å². The molecule has 3 nitrogen and oxygen atoms in total. The molecule has 0 bridgehead atoms. The van der Waals surface area contributed by atoms with E-state index in [0.717, 1.165) is 12.4 Å². The van der Waals surface area contributed by atoms with Gasteiger partial charge >= 0.3 is 0 Å². The number of amidine groups is 1. The van der Waals surface area contributed by atoms with Gasteiger partial charge in [0, 0.05) is 23.9 Å². The summed E-state index contributed by atoms with van der Waals surface area (Å²) in [5.41, 5.74) is 0.776. The molecule has 0 aliphatic carbocycles. The average molecular weight is 266 g/mol. The van der Waals surface area contributed by atoms with Gasteiger partial charge in [0.05, 0.1) is 6.54 Å². The van der Waals surface area contributed by atoms with Crippen LogP contribution in [-0.2, 0) is 4.84 Å². The smallest absolute Gasteiger partial charge is 0.148 e. The predicted molar refractivity (Wildman–Crippen MR) is 68.0 cm³/mol. The SMILES string of the molecule is Cc1cc(F)c([C@@H]2CN3CCON=C3[C@H]2C)c(F)c1. The van der Waals surface area contributed by atoms with Gasteiger partial charge in [0.2, 0.25) is 0 Å². The Morgan fingerprint density at radius 1 is 1.32 bits per heavy atom. The Morgan fingerprint density at radius 3 is 2.63 bits per heavy atom. The van der Waals surface area contributed by atoms with E-state index >= 15 is 0 Å². The second-order valence-electron chi connectivity index (χ2n) is 5.27. The first-order valence-corrected chi connectivity index (χ1v) is 6.48. The second-order valence-corrected chi connectivity index (χ2v) is 5.27. The van der Waals surface area contributed by atoms with Crippen LogP contribution in [0, 0.1) is 24.5 Å². The third-order valence-corrected chi connectivity index (χ3v) is 3.96. The van der Waals surface area contributed by atoms with Crippen molar-refractivity contribution in [3.05, 3.63) is 34.9 Å². The maximum atomic E-state index is 14.1. The highest BCUT2D eigenvalue weighted by molar-refractivity contribution is 5.87. The molecule has 102 valence electrons. The Labute approximate surface area is 110 Å². The number of benzene rings is 1. The summed E-state index contributed by atoms with van der Waals surface area (Å²) < 4.78 is 28.2. The molecular formula is C14H16F2N2O. The molecule has 0 radical (unpaired) electrons. The standard InChI is InChI=1S/C14H16F2N2O/c1-8-5-11(15)13(12(16)6-8)10-7-18-3-4-19-17-14(18)9(10)2/h5-6,9-10H,3-4,7H2,1-2H3/t9-,10+/m0/s1. The van der Waals surface area contributed by atoms with E-state index in [2.05, 4.69) is 10.1 Å². The Morgan fingerprint density at radius 2 is 2.00 bits per heavy atom. The first-order chi connectivity index (χ1) is 9.08. The van der Waals surface area contributed by atoms with Crippen LogP contribution < -0.4 is 0 Å². The van der Waals surface area contributed by atoms with E-state index in [9.17, 15) is 8.78 Å². The molecule has 2 aliphatic rings. The van der Waals surface area contributed by atoms with Gasteiger partial charge in [0.1, 0.15) is 24.1 Å². The molecule has 3 rings (SSSR count). The molecule has 0 spiro atoms. The van der Waals surface area contributed by atoms with Crippen LogP contribution >= 0.6 is 0 Å². The normalized spacial score (nSPS) is 25.9. The van der Waals surface area contributed by atoms with Crippen molar-refractivity contribution in [1.82, 2.24) is 4.90 Å². The number of nitrogens with zero attached hydrogens (tertiary/aromatic N) is 2. The fraction of sp³-hybridized carbons (Fsp3) is 0.500. The third kappa shape index (κ3) is 1.97. The summed E-state index contributed by atoms with van der Waals surface area (Å²) in [4.78, 5) is 7.13. The highest BCUT2D eigenvalue weighted by atomic mass is 19.1. The molecule has 2 atom stereocenters.